The maximum Gasteiger partial charge on any atom is 0.433 e. The first kappa shape index (κ1) is 10.4. The van der Waals surface area contributed by atoms with Crippen molar-refractivity contribution in [1.82, 2.24) is 10.5 Å². The van der Waals surface area contributed by atoms with E-state index in [0.717, 1.165) is 0 Å². The normalized spacial score (nSPS) is 10.5. The Kier molecular flexibility index (Phi) is 2.97. The zero-order chi connectivity index (χ0) is 11.4. The zero-order valence-electron chi connectivity index (χ0n) is 8.25. The van der Waals surface area contributed by atoms with Crippen LogP contribution in [-0.4, -0.2) is 10.1 Å². The molecule has 0 aliphatic rings. The summed E-state index contributed by atoms with van der Waals surface area (Å²) in [5.41, 5.74) is 0. The standard InChI is InChI=1S/C9H9N3O4/c13-12(14)9-2-1-7(15-9)5-10-6-8-3-4-11-16-8/h1-4,10H,5-6H2. The smallest absolute Gasteiger partial charge is 0.404 e. The van der Waals surface area contributed by atoms with Crippen LogP contribution in [0.15, 0.2) is 33.3 Å². The molecule has 0 atom stereocenters. The van der Waals surface area contributed by atoms with Gasteiger partial charge >= 0.3 is 5.88 Å². The van der Waals surface area contributed by atoms with Crippen LogP contribution >= 0.6 is 0 Å². The summed E-state index contributed by atoms with van der Waals surface area (Å²) in [5.74, 6) is 0.948. The molecular formula is C9H9N3O4. The second-order valence-corrected chi connectivity index (χ2v) is 3.08. The van der Waals surface area contributed by atoms with Crippen LogP contribution in [0, 0.1) is 10.1 Å². The highest BCUT2D eigenvalue weighted by Gasteiger charge is 2.11. The molecule has 84 valence electrons. The van der Waals surface area contributed by atoms with Gasteiger partial charge in [-0.05, 0) is 6.07 Å². The van der Waals surface area contributed by atoms with Gasteiger partial charge < -0.3 is 14.3 Å². The number of hydrogen-bond donors (Lipinski definition) is 1. The SMILES string of the molecule is O=[N+]([O-])c1ccc(CNCc2ccno2)o1. The van der Waals surface area contributed by atoms with E-state index in [1.54, 1.807) is 18.3 Å². The Hall–Kier alpha value is -2.15. The molecule has 0 aromatic carbocycles. The Morgan fingerprint density at radius 2 is 2.12 bits per heavy atom. The van der Waals surface area contributed by atoms with Crippen LogP contribution in [0.2, 0.25) is 0 Å². The van der Waals surface area contributed by atoms with E-state index in [9.17, 15) is 10.1 Å². The third-order valence-corrected chi connectivity index (χ3v) is 1.92. The Balaban J connectivity index is 1.83. The first-order valence-corrected chi connectivity index (χ1v) is 4.59. The van der Waals surface area contributed by atoms with E-state index in [-0.39, 0.29) is 5.88 Å². The van der Waals surface area contributed by atoms with Crippen molar-refractivity contribution in [2.45, 2.75) is 13.1 Å². The number of hydrogen-bond acceptors (Lipinski definition) is 6. The lowest BCUT2D eigenvalue weighted by Gasteiger charge is -1.97. The van der Waals surface area contributed by atoms with Gasteiger partial charge in [-0.1, -0.05) is 5.16 Å². The Morgan fingerprint density at radius 1 is 1.31 bits per heavy atom. The minimum Gasteiger partial charge on any atom is -0.404 e. The molecule has 2 aromatic rings. The van der Waals surface area contributed by atoms with Crippen LogP contribution in [0.1, 0.15) is 11.5 Å². The summed E-state index contributed by atoms with van der Waals surface area (Å²) in [6, 6.07) is 4.62. The van der Waals surface area contributed by atoms with Crippen LogP contribution in [-0.2, 0) is 13.1 Å². The minimum absolute atomic E-state index is 0.253. The van der Waals surface area contributed by atoms with Crippen molar-refractivity contribution in [3.63, 3.8) is 0 Å². The fourth-order valence-electron chi connectivity index (χ4n) is 1.20. The zero-order valence-corrected chi connectivity index (χ0v) is 8.25. The maximum atomic E-state index is 10.3. The van der Waals surface area contributed by atoms with Gasteiger partial charge in [0.15, 0.2) is 0 Å². The third kappa shape index (κ3) is 2.45. The van der Waals surface area contributed by atoms with Crippen LogP contribution in [0.5, 0.6) is 0 Å². The summed E-state index contributed by atoms with van der Waals surface area (Å²) < 4.78 is 9.82. The average Bonchev–Trinajstić information content (AvgIpc) is 2.87. The van der Waals surface area contributed by atoms with Gasteiger partial charge in [-0.3, -0.25) is 10.1 Å². The van der Waals surface area contributed by atoms with E-state index in [1.165, 1.54) is 6.07 Å². The van der Waals surface area contributed by atoms with Crippen molar-refractivity contribution in [3.05, 3.63) is 46.0 Å². The van der Waals surface area contributed by atoms with Crippen LogP contribution in [0.4, 0.5) is 5.88 Å². The molecule has 0 spiro atoms. The lowest BCUT2D eigenvalue weighted by Crippen LogP contribution is -2.11. The molecule has 2 aromatic heterocycles. The summed E-state index contributed by atoms with van der Waals surface area (Å²) in [6.45, 7) is 0.892. The molecule has 2 heterocycles. The highest BCUT2D eigenvalue weighted by Crippen LogP contribution is 2.15. The van der Waals surface area contributed by atoms with Gasteiger partial charge in [0.05, 0.1) is 25.4 Å². The van der Waals surface area contributed by atoms with E-state index in [0.29, 0.717) is 24.6 Å². The number of rotatable bonds is 5. The van der Waals surface area contributed by atoms with E-state index in [1.807, 2.05) is 0 Å². The summed E-state index contributed by atoms with van der Waals surface area (Å²) in [5, 5.41) is 16.9. The van der Waals surface area contributed by atoms with Gasteiger partial charge in [0.25, 0.3) is 0 Å². The van der Waals surface area contributed by atoms with Gasteiger partial charge in [-0.25, -0.2) is 0 Å². The van der Waals surface area contributed by atoms with Gasteiger partial charge in [-0.2, -0.15) is 0 Å². The van der Waals surface area contributed by atoms with E-state index in [4.69, 9.17) is 8.94 Å². The van der Waals surface area contributed by atoms with Gasteiger partial charge in [0.2, 0.25) is 0 Å². The molecular weight excluding hydrogens is 214 g/mol. The number of nitro groups is 1. The van der Waals surface area contributed by atoms with Crippen molar-refractivity contribution >= 4 is 5.88 Å². The molecule has 0 radical (unpaired) electrons. The second kappa shape index (κ2) is 4.58. The largest absolute Gasteiger partial charge is 0.433 e. The first-order chi connectivity index (χ1) is 7.75. The van der Waals surface area contributed by atoms with Crippen LogP contribution < -0.4 is 5.32 Å². The Labute approximate surface area is 90.2 Å². The second-order valence-electron chi connectivity index (χ2n) is 3.08. The number of nitrogens with one attached hydrogen (secondary N) is 1. The molecule has 0 amide bonds. The van der Waals surface area contributed by atoms with Crippen molar-refractivity contribution in [2.75, 3.05) is 0 Å². The number of nitrogens with zero attached hydrogens (tertiary/aromatic N) is 2. The predicted octanol–water partition coefficient (Wildman–Crippen LogP) is 1.47. The topological polar surface area (TPSA) is 94.3 Å². The van der Waals surface area contributed by atoms with E-state index >= 15 is 0 Å². The molecule has 16 heavy (non-hydrogen) atoms. The summed E-state index contributed by atoms with van der Waals surface area (Å²) in [4.78, 5) is 9.77. The molecule has 7 heteroatoms. The summed E-state index contributed by atoms with van der Waals surface area (Å²) >= 11 is 0. The van der Waals surface area contributed by atoms with Crippen molar-refractivity contribution in [1.29, 1.82) is 0 Å². The van der Waals surface area contributed by atoms with Crippen molar-refractivity contribution in [3.8, 4) is 0 Å². The highest BCUT2D eigenvalue weighted by molar-refractivity contribution is 5.17. The molecule has 7 nitrogen and oxygen atoms in total. The fraction of sp³-hybridized carbons (Fsp3) is 0.222. The quantitative estimate of drug-likeness (QED) is 0.609. The molecule has 0 saturated heterocycles. The Morgan fingerprint density at radius 3 is 2.75 bits per heavy atom. The molecule has 0 unspecified atom stereocenters. The highest BCUT2D eigenvalue weighted by atomic mass is 16.6. The number of furan rings is 1. The van der Waals surface area contributed by atoms with Crippen LogP contribution in [0.3, 0.4) is 0 Å². The lowest BCUT2D eigenvalue weighted by molar-refractivity contribution is -0.402. The third-order valence-electron chi connectivity index (χ3n) is 1.92. The van der Waals surface area contributed by atoms with Crippen LogP contribution in [0.25, 0.3) is 0 Å². The van der Waals surface area contributed by atoms with E-state index < -0.39 is 4.92 Å². The summed E-state index contributed by atoms with van der Waals surface area (Å²) in [7, 11) is 0. The van der Waals surface area contributed by atoms with E-state index in [2.05, 4.69) is 10.5 Å². The molecule has 2 rings (SSSR count). The monoisotopic (exact) mass is 223 g/mol. The molecule has 0 aliphatic carbocycles. The van der Waals surface area contributed by atoms with Gasteiger partial charge in [0.1, 0.15) is 16.4 Å². The molecule has 0 fully saturated rings. The fourth-order valence-corrected chi connectivity index (χ4v) is 1.20. The first-order valence-electron chi connectivity index (χ1n) is 4.59. The molecule has 0 bridgehead atoms. The minimum atomic E-state index is -0.569. The summed E-state index contributed by atoms with van der Waals surface area (Å²) in [6.07, 6.45) is 1.55. The number of aromatic nitrogens is 1. The Bertz CT molecular complexity index is 463. The van der Waals surface area contributed by atoms with Gasteiger partial charge in [-0.15, -0.1) is 0 Å². The maximum absolute atomic E-state index is 10.3. The average molecular weight is 223 g/mol. The van der Waals surface area contributed by atoms with Crippen molar-refractivity contribution in [2.24, 2.45) is 0 Å². The lowest BCUT2D eigenvalue weighted by atomic mass is 10.4. The molecule has 1 N–H and O–H groups in total. The molecule has 0 saturated carbocycles. The van der Waals surface area contributed by atoms with Crippen molar-refractivity contribution < 1.29 is 13.9 Å². The predicted molar refractivity (Wildman–Crippen MR) is 52.4 cm³/mol. The van der Waals surface area contributed by atoms with Gasteiger partial charge in [0, 0.05) is 6.07 Å². The molecule has 0 aliphatic heterocycles.